The number of anilines is 1. The fraction of sp³-hybridized carbons (Fsp3) is 0.333. The molecule has 1 aliphatic rings. The standard InChI is InChI=1S/C21H24N2O/c1-14-10-11-17-16-8-6-7-9-18(16)24-20(17)19(14)22-12-13-23(15(22)2)21(3,4)5/h6-13,15H,1-5H3/t15-/m1/s1. The van der Waals surface area contributed by atoms with Crippen molar-refractivity contribution in [2.24, 2.45) is 0 Å². The van der Waals surface area contributed by atoms with Gasteiger partial charge in [0.1, 0.15) is 11.7 Å². The van der Waals surface area contributed by atoms with Gasteiger partial charge in [-0.25, -0.2) is 0 Å². The van der Waals surface area contributed by atoms with Crippen molar-refractivity contribution < 1.29 is 4.42 Å². The van der Waals surface area contributed by atoms with Gasteiger partial charge in [-0.15, -0.1) is 0 Å². The molecule has 0 saturated carbocycles. The number of benzene rings is 2. The summed E-state index contributed by atoms with van der Waals surface area (Å²) in [6.45, 7) is 11.1. The Kier molecular flexibility index (Phi) is 3.17. The lowest BCUT2D eigenvalue weighted by molar-refractivity contribution is 0.171. The van der Waals surface area contributed by atoms with Crippen molar-refractivity contribution in [3.63, 3.8) is 0 Å². The summed E-state index contributed by atoms with van der Waals surface area (Å²) < 4.78 is 6.25. The molecule has 3 aromatic rings. The van der Waals surface area contributed by atoms with Crippen LogP contribution >= 0.6 is 0 Å². The van der Waals surface area contributed by atoms with E-state index in [2.05, 4.69) is 81.1 Å². The van der Waals surface area contributed by atoms with E-state index in [1.54, 1.807) is 0 Å². The number of furan rings is 1. The lowest BCUT2D eigenvalue weighted by Crippen LogP contribution is -2.46. The molecule has 0 N–H and O–H groups in total. The van der Waals surface area contributed by atoms with E-state index in [0.29, 0.717) is 0 Å². The zero-order chi connectivity index (χ0) is 17.1. The Morgan fingerprint density at radius 1 is 0.958 bits per heavy atom. The van der Waals surface area contributed by atoms with Crippen LogP contribution in [0.25, 0.3) is 21.9 Å². The first-order valence-corrected chi connectivity index (χ1v) is 8.54. The maximum absolute atomic E-state index is 6.25. The van der Waals surface area contributed by atoms with Crippen LogP contribution in [-0.4, -0.2) is 16.6 Å². The Labute approximate surface area is 143 Å². The van der Waals surface area contributed by atoms with Crippen molar-refractivity contribution in [3.8, 4) is 0 Å². The Morgan fingerprint density at radius 3 is 2.42 bits per heavy atom. The van der Waals surface area contributed by atoms with Crippen LogP contribution in [0.3, 0.4) is 0 Å². The van der Waals surface area contributed by atoms with E-state index in [1.807, 2.05) is 12.1 Å². The zero-order valence-electron chi connectivity index (χ0n) is 15.0. The molecular weight excluding hydrogens is 296 g/mol. The van der Waals surface area contributed by atoms with Gasteiger partial charge in [0.25, 0.3) is 0 Å². The van der Waals surface area contributed by atoms with Gasteiger partial charge in [0.2, 0.25) is 0 Å². The molecule has 1 atom stereocenters. The summed E-state index contributed by atoms with van der Waals surface area (Å²) in [7, 11) is 0. The molecule has 1 aromatic heterocycles. The number of nitrogens with zero attached hydrogens (tertiary/aromatic N) is 2. The predicted molar refractivity (Wildman–Crippen MR) is 101 cm³/mol. The molecule has 0 bridgehead atoms. The Morgan fingerprint density at radius 2 is 1.71 bits per heavy atom. The molecule has 124 valence electrons. The third-order valence-corrected chi connectivity index (χ3v) is 4.95. The fourth-order valence-corrected chi connectivity index (χ4v) is 3.77. The van der Waals surface area contributed by atoms with E-state index >= 15 is 0 Å². The molecule has 3 heteroatoms. The van der Waals surface area contributed by atoms with E-state index in [9.17, 15) is 0 Å². The summed E-state index contributed by atoms with van der Waals surface area (Å²) in [6, 6.07) is 12.6. The molecule has 2 heterocycles. The summed E-state index contributed by atoms with van der Waals surface area (Å²) >= 11 is 0. The van der Waals surface area contributed by atoms with Crippen LogP contribution in [0.1, 0.15) is 33.3 Å². The van der Waals surface area contributed by atoms with Crippen LogP contribution in [0.15, 0.2) is 53.2 Å². The van der Waals surface area contributed by atoms with Crippen LogP contribution < -0.4 is 4.90 Å². The van der Waals surface area contributed by atoms with Crippen molar-refractivity contribution in [2.45, 2.75) is 46.3 Å². The van der Waals surface area contributed by atoms with Crippen molar-refractivity contribution >= 4 is 27.6 Å². The molecule has 0 aliphatic carbocycles. The largest absolute Gasteiger partial charge is 0.454 e. The number of para-hydroxylation sites is 1. The molecule has 0 amide bonds. The van der Waals surface area contributed by atoms with Gasteiger partial charge in [0, 0.05) is 28.7 Å². The van der Waals surface area contributed by atoms with Gasteiger partial charge in [-0.2, -0.15) is 0 Å². The highest BCUT2D eigenvalue weighted by atomic mass is 16.3. The lowest BCUT2D eigenvalue weighted by Gasteiger charge is -2.39. The topological polar surface area (TPSA) is 19.6 Å². The molecule has 3 nitrogen and oxygen atoms in total. The second kappa shape index (κ2) is 5.04. The van der Waals surface area contributed by atoms with Crippen LogP contribution in [-0.2, 0) is 0 Å². The first-order valence-electron chi connectivity index (χ1n) is 8.54. The van der Waals surface area contributed by atoms with E-state index in [-0.39, 0.29) is 11.7 Å². The summed E-state index contributed by atoms with van der Waals surface area (Å²) in [5.74, 6) is 0. The average Bonchev–Trinajstić information content (AvgIpc) is 3.07. The highest BCUT2D eigenvalue weighted by molar-refractivity contribution is 6.09. The number of hydrogen-bond donors (Lipinski definition) is 0. The Balaban J connectivity index is 1.91. The highest BCUT2D eigenvalue weighted by Crippen LogP contribution is 2.40. The molecular formula is C21H24N2O. The quantitative estimate of drug-likeness (QED) is 0.579. The number of rotatable bonds is 1. The molecule has 0 radical (unpaired) electrons. The second-order valence-corrected chi connectivity index (χ2v) is 7.62. The number of hydrogen-bond acceptors (Lipinski definition) is 3. The summed E-state index contributed by atoms with van der Waals surface area (Å²) in [5, 5.41) is 2.36. The van der Waals surface area contributed by atoms with Gasteiger partial charge in [0.05, 0.1) is 5.69 Å². The van der Waals surface area contributed by atoms with Gasteiger partial charge >= 0.3 is 0 Å². The maximum Gasteiger partial charge on any atom is 0.159 e. The highest BCUT2D eigenvalue weighted by Gasteiger charge is 2.32. The normalized spacial score (nSPS) is 18.3. The molecule has 2 aromatic carbocycles. The predicted octanol–water partition coefficient (Wildman–Crippen LogP) is 5.63. The fourth-order valence-electron chi connectivity index (χ4n) is 3.77. The second-order valence-electron chi connectivity index (χ2n) is 7.62. The van der Waals surface area contributed by atoms with Crippen molar-refractivity contribution in [1.29, 1.82) is 0 Å². The van der Waals surface area contributed by atoms with E-state index in [0.717, 1.165) is 11.2 Å². The molecule has 4 rings (SSSR count). The Bertz CT molecular complexity index is 946. The third-order valence-electron chi connectivity index (χ3n) is 4.95. The van der Waals surface area contributed by atoms with Gasteiger partial charge < -0.3 is 14.2 Å². The van der Waals surface area contributed by atoms with Crippen molar-refractivity contribution in [2.75, 3.05) is 4.90 Å². The molecule has 0 saturated heterocycles. The van der Waals surface area contributed by atoms with Gasteiger partial charge in [-0.05, 0) is 46.2 Å². The minimum atomic E-state index is 0.0837. The van der Waals surface area contributed by atoms with Crippen LogP contribution in [0.4, 0.5) is 5.69 Å². The number of aryl methyl sites for hydroxylation is 1. The van der Waals surface area contributed by atoms with Gasteiger partial charge in [-0.3, -0.25) is 0 Å². The molecule has 0 fully saturated rings. The minimum absolute atomic E-state index is 0.0837. The lowest BCUT2D eigenvalue weighted by atomic mass is 10.1. The smallest absolute Gasteiger partial charge is 0.159 e. The first-order chi connectivity index (χ1) is 11.4. The van der Waals surface area contributed by atoms with Crippen molar-refractivity contribution in [3.05, 3.63) is 54.4 Å². The number of fused-ring (bicyclic) bond motifs is 3. The maximum atomic E-state index is 6.25. The molecule has 0 unspecified atom stereocenters. The van der Waals surface area contributed by atoms with Crippen LogP contribution in [0, 0.1) is 6.92 Å². The van der Waals surface area contributed by atoms with Crippen LogP contribution in [0.2, 0.25) is 0 Å². The molecule has 0 spiro atoms. The van der Waals surface area contributed by atoms with E-state index in [4.69, 9.17) is 4.42 Å². The first kappa shape index (κ1) is 15.1. The SMILES string of the molecule is Cc1ccc2c(oc3ccccc32)c1N1C=CN(C(C)(C)C)[C@@H]1C. The summed E-state index contributed by atoms with van der Waals surface area (Å²) in [4.78, 5) is 4.71. The summed E-state index contributed by atoms with van der Waals surface area (Å²) in [5.41, 5.74) is 4.40. The molecule has 1 aliphatic heterocycles. The monoisotopic (exact) mass is 320 g/mol. The zero-order valence-corrected chi connectivity index (χ0v) is 15.0. The van der Waals surface area contributed by atoms with Gasteiger partial charge in [-0.1, -0.05) is 30.3 Å². The minimum Gasteiger partial charge on any atom is -0.454 e. The van der Waals surface area contributed by atoms with Crippen molar-refractivity contribution in [1.82, 2.24) is 4.90 Å². The van der Waals surface area contributed by atoms with Gasteiger partial charge in [0.15, 0.2) is 5.58 Å². The molecule has 24 heavy (non-hydrogen) atoms. The third kappa shape index (κ3) is 2.11. The van der Waals surface area contributed by atoms with Crippen LogP contribution in [0.5, 0.6) is 0 Å². The average molecular weight is 320 g/mol. The van der Waals surface area contributed by atoms with E-state index in [1.165, 1.54) is 22.0 Å². The van der Waals surface area contributed by atoms with E-state index < -0.39 is 0 Å². The Hall–Kier alpha value is -2.42. The summed E-state index contributed by atoms with van der Waals surface area (Å²) in [6.07, 6.45) is 4.61.